The summed E-state index contributed by atoms with van der Waals surface area (Å²) in [4.78, 5) is 29.0. The number of thioether (sulfide) groups is 1. The van der Waals surface area contributed by atoms with Gasteiger partial charge in [-0.15, -0.1) is 0 Å². The van der Waals surface area contributed by atoms with Crippen LogP contribution >= 0.6 is 11.8 Å². The molecule has 1 fully saturated rings. The van der Waals surface area contributed by atoms with Crippen LogP contribution in [0.3, 0.4) is 0 Å². The highest BCUT2D eigenvalue weighted by Gasteiger charge is 2.19. The summed E-state index contributed by atoms with van der Waals surface area (Å²) in [6, 6.07) is 6.14. The summed E-state index contributed by atoms with van der Waals surface area (Å²) in [6.07, 6.45) is 5.88. The van der Waals surface area contributed by atoms with Gasteiger partial charge in [0, 0.05) is 11.7 Å². The van der Waals surface area contributed by atoms with E-state index in [0.717, 1.165) is 42.5 Å². The first kappa shape index (κ1) is 21.4. The second-order valence-corrected chi connectivity index (χ2v) is 8.48. The zero-order chi connectivity index (χ0) is 20.8. The number of benzene rings is 1. The number of aliphatic hydroxyl groups is 1. The lowest BCUT2D eigenvalue weighted by molar-refractivity contribution is -0.122. The molecule has 1 aliphatic carbocycles. The molecule has 29 heavy (non-hydrogen) atoms. The Bertz CT molecular complexity index is 855. The zero-order valence-electron chi connectivity index (χ0n) is 16.9. The fourth-order valence-electron chi connectivity index (χ4n) is 3.66. The van der Waals surface area contributed by atoms with Gasteiger partial charge in [0.15, 0.2) is 5.16 Å². The Hall–Kier alpha value is -2.32. The second kappa shape index (κ2) is 9.93. The van der Waals surface area contributed by atoms with E-state index >= 15 is 0 Å². The van der Waals surface area contributed by atoms with Gasteiger partial charge in [-0.25, -0.2) is 4.98 Å². The third kappa shape index (κ3) is 6.08. The number of imidazole rings is 1. The van der Waals surface area contributed by atoms with E-state index in [0.29, 0.717) is 10.9 Å². The van der Waals surface area contributed by atoms with Crippen molar-refractivity contribution < 1.29 is 14.7 Å². The van der Waals surface area contributed by atoms with Crippen molar-refractivity contribution in [3.8, 4) is 0 Å². The number of carbonyl (C=O) groups excluding carboxylic acids is 2. The first-order chi connectivity index (χ1) is 13.9. The number of nitrogens with zero attached hydrogens (tertiary/aromatic N) is 2. The van der Waals surface area contributed by atoms with Crippen molar-refractivity contribution in [2.45, 2.75) is 63.9 Å². The highest BCUT2D eigenvalue weighted by atomic mass is 32.2. The van der Waals surface area contributed by atoms with E-state index in [4.69, 9.17) is 0 Å². The number of aryl methyl sites for hydroxylation is 2. The van der Waals surface area contributed by atoms with E-state index in [1.165, 1.54) is 11.8 Å². The molecule has 8 heteroatoms. The van der Waals surface area contributed by atoms with Gasteiger partial charge in [-0.05, 0) is 49.9 Å². The average Bonchev–Trinajstić information content (AvgIpc) is 3.29. The maximum Gasteiger partial charge on any atom is 0.240 e. The monoisotopic (exact) mass is 416 g/mol. The molecule has 0 bridgehead atoms. The molecule has 2 amide bonds. The molecule has 0 atom stereocenters. The smallest absolute Gasteiger partial charge is 0.240 e. The fourth-order valence-corrected chi connectivity index (χ4v) is 4.46. The summed E-state index contributed by atoms with van der Waals surface area (Å²) >= 11 is 1.25. The van der Waals surface area contributed by atoms with Gasteiger partial charge >= 0.3 is 0 Å². The van der Waals surface area contributed by atoms with E-state index in [2.05, 4.69) is 15.6 Å². The maximum absolute atomic E-state index is 12.4. The van der Waals surface area contributed by atoms with Crippen molar-refractivity contribution in [1.82, 2.24) is 14.9 Å². The number of nitrogens with one attached hydrogen (secondary N) is 2. The van der Waals surface area contributed by atoms with Crippen LogP contribution in [0.4, 0.5) is 5.69 Å². The Morgan fingerprint density at radius 2 is 1.86 bits per heavy atom. The van der Waals surface area contributed by atoms with Crippen LogP contribution in [-0.2, 0) is 22.7 Å². The molecule has 0 spiro atoms. The highest BCUT2D eigenvalue weighted by Crippen LogP contribution is 2.21. The van der Waals surface area contributed by atoms with Gasteiger partial charge in [0.1, 0.15) is 6.54 Å². The van der Waals surface area contributed by atoms with Gasteiger partial charge in [-0.3, -0.25) is 9.59 Å². The normalized spacial score (nSPS) is 14.2. The summed E-state index contributed by atoms with van der Waals surface area (Å²) in [5.41, 5.74) is 3.50. The van der Waals surface area contributed by atoms with Gasteiger partial charge in [0.05, 0.1) is 24.3 Å². The molecule has 0 radical (unpaired) electrons. The topological polar surface area (TPSA) is 96.2 Å². The summed E-state index contributed by atoms with van der Waals surface area (Å²) in [5, 5.41) is 16.1. The highest BCUT2D eigenvalue weighted by molar-refractivity contribution is 7.99. The van der Waals surface area contributed by atoms with Crippen LogP contribution < -0.4 is 10.6 Å². The number of hydrogen-bond acceptors (Lipinski definition) is 5. The van der Waals surface area contributed by atoms with Crippen molar-refractivity contribution >= 4 is 29.3 Å². The molecule has 156 valence electrons. The zero-order valence-corrected chi connectivity index (χ0v) is 17.7. The summed E-state index contributed by atoms with van der Waals surface area (Å²) in [6.45, 7) is 3.86. The predicted molar refractivity (Wildman–Crippen MR) is 114 cm³/mol. The number of anilines is 1. The second-order valence-electron chi connectivity index (χ2n) is 7.54. The molecule has 0 aliphatic heterocycles. The van der Waals surface area contributed by atoms with Crippen molar-refractivity contribution in [1.29, 1.82) is 0 Å². The molecule has 1 saturated carbocycles. The summed E-state index contributed by atoms with van der Waals surface area (Å²) in [5.74, 6) is -0.0688. The minimum absolute atomic E-state index is 0.0907. The molecular formula is C21H28N4O3S. The Kier molecular flexibility index (Phi) is 7.33. The number of aromatic nitrogens is 2. The van der Waals surface area contributed by atoms with Crippen LogP contribution in [0.5, 0.6) is 0 Å². The molecule has 1 aliphatic rings. The molecule has 1 heterocycles. The molecule has 1 aromatic carbocycles. The van der Waals surface area contributed by atoms with Crippen LogP contribution in [0.15, 0.2) is 29.6 Å². The van der Waals surface area contributed by atoms with Crippen molar-refractivity contribution in [2.24, 2.45) is 0 Å². The molecule has 3 rings (SSSR count). The summed E-state index contributed by atoms with van der Waals surface area (Å²) in [7, 11) is 0. The number of rotatable bonds is 8. The Labute approximate surface area is 175 Å². The maximum atomic E-state index is 12.4. The lowest BCUT2D eigenvalue weighted by atomic mass is 10.1. The molecule has 3 N–H and O–H groups in total. The first-order valence-corrected chi connectivity index (χ1v) is 10.9. The quantitative estimate of drug-likeness (QED) is 0.575. The van der Waals surface area contributed by atoms with Crippen LogP contribution in [0.25, 0.3) is 0 Å². The van der Waals surface area contributed by atoms with E-state index < -0.39 is 0 Å². The molecule has 2 aromatic rings. The number of amides is 2. The number of aliphatic hydroxyl groups excluding tert-OH is 1. The SMILES string of the molecule is Cc1cc(C)cc(NC(=O)CSc2ncc(CO)n2CC(=O)NC2CCCC2)c1. The molecule has 1 aromatic heterocycles. The van der Waals surface area contributed by atoms with Gasteiger partial charge in [-0.1, -0.05) is 30.7 Å². The minimum Gasteiger partial charge on any atom is -0.390 e. The average molecular weight is 417 g/mol. The van der Waals surface area contributed by atoms with E-state index in [1.807, 2.05) is 32.0 Å². The number of hydrogen-bond donors (Lipinski definition) is 3. The van der Waals surface area contributed by atoms with E-state index in [-0.39, 0.29) is 36.8 Å². The van der Waals surface area contributed by atoms with Crippen molar-refractivity contribution in [3.63, 3.8) is 0 Å². The molecule has 0 unspecified atom stereocenters. The fraction of sp³-hybridized carbons (Fsp3) is 0.476. The van der Waals surface area contributed by atoms with E-state index in [1.54, 1.807) is 10.8 Å². The molecule has 7 nitrogen and oxygen atoms in total. The lowest BCUT2D eigenvalue weighted by Gasteiger charge is -2.14. The first-order valence-electron chi connectivity index (χ1n) is 9.90. The lowest BCUT2D eigenvalue weighted by Crippen LogP contribution is -2.35. The van der Waals surface area contributed by atoms with Gasteiger partial charge in [0.2, 0.25) is 11.8 Å². The van der Waals surface area contributed by atoms with Crippen LogP contribution in [-0.4, -0.2) is 38.3 Å². The Balaban J connectivity index is 1.59. The third-order valence-electron chi connectivity index (χ3n) is 4.92. The van der Waals surface area contributed by atoms with Crippen LogP contribution in [0.2, 0.25) is 0 Å². The predicted octanol–water partition coefficient (Wildman–Crippen LogP) is 2.78. The van der Waals surface area contributed by atoms with Crippen LogP contribution in [0, 0.1) is 13.8 Å². The third-order valence-corrected chi connectivity index (χ3v) is 5.91. The standard InChI is InChI=1S/C21H28N4O3S/c1-14-7-15(2)9-17(8-14)24-20(28)13-29-21-22-10-18(12-26)25(21)11-19(27)23-16-5-3-4-6-16/h7-10,16,26H,3-6,11-13H2,1-2H3,(H,23,27)(H,24,28). The molecule has 0 saturated heterocycles. The Morgan fingerprint density at radius 3 is 2.52 bits per heavy atom. The Morgan fingerprint density at radius 1 is 1.17 bits per heavy atom. The molecular weight excluding hydrogens is 388 g/mol. The number of carbonyl (C=O) groups is 2. The van der Waals surface area contributed by atoms with Crippen molar-refractivity contribution in [3.05, 3.63) is 41.2 Å². The van der Waals surface area contributed by atoms with Crippen LogP contribution in [0.1, 0.15) is 42.5 Å². The van der Waals surface area contributed by atoms with Gasteiger partial charge in [0.25, 0.3) is 0 Å². The van der Waals surface area contributed by atoms with Gasteiger partial charge < -0.3 is 20.3 Å². The summed E-state index contributed by atoms with van der Waals surface area (Å²) < 4.78 is 1.68. The minimum atomic E-state index is -0.209. The van der Waals surface area contributed by atoms with E-state index in [9.17, 15) is 14.7 Å². The largest absolute Gasteiger partial charge is 0.390 e. The van der Waals surface area contributed by atoms with Crippen molar-refractivity contribution in [2.75, 3.05) is 11.1 Å². The van der Waals surface area contributed by atoms with Gasteiger partial charge in [-0.2, -0.15) is 0 Å².